The quantitative estimate of drug-likeness (QED) is 0.361. The Bertz CT molecular complexity index is 1070. The zero-order valence-corrected chi connectivity index (χ0v) is 20.1. The Kier molecular flexibility index (Phi) is 8.16. The molecule has 31 heavy (non-hydrogen) atoms. The van der Waals surface area contributed by atoms with Crippen LogP contribution < -0.4 is 4.72 Å². The average molecular weight is 479 g/mol. The molecular weight excluding hydrogens is 452 g/mol. The fourth-order valence-corrected chi connectivity index (χ4v) is 5.51. The topological polar surface area (TPSA) is 76.9 Å². The van der Waals surface area contributed by atoms with E-state index in [-0.39, 0.29) is 10.9 Å². The van der Waals surface area contributed by atoms with Gasteiger partial charge in [-0.1, -0.05) is 53.2 Å². The predicted molar refractivity (Wildman–Crippen MR) is 127 cm³/mol. The van der Waals surface area contributed by atoms with E-state index in [1.807, 2.05) is 30.6 Å². The molecule has 1 atom stereocenters. The molecule has 0 aliphatic heterocycles. The molecule has 1 aliphatic rings. The van der Waals surface area contributed by atoms with Crippen LogP contribution in [0.2, 0.25) is 5.02 Å². The van der Waals surface area contributed by atoms with Crippen LogP contribution in [0, 0.1) is 0 Å². The summed E-state index contributed by atoms with van der Waals surface area (Å²) in [6, 6.07) is 5.66. The molecule has 0 saturated heterocycles. The fourth-order valence-electron chi connectivity index (χ4n) is 3.38. The first-order valence-electron chi connectivity index (χ1n) is 10.1. The van der Waals surface area contributed by atoms with Crippen molar-refractivity contribution in [3.05, 3.63) is 71.6 Å². The van der Waals surface area contributed by atoms with Gasteiger partial charge in [-0.3, -0.25) is 0 Å². The van der Waals surface area contributed by atoms with Gasteiger partial charge in [-0.05, 0) is 57.4 Å². The van der Waals surface area contributed by atoms with E-state index in [1.165, 1.54) is 29.5 Å². The third kappa shape index (κ3) is 6.10. The van der Waals surface area contributed by atoms with Crippen LogP contribution in [0.15, 0.2) is 70.8 Å². The Morgan fingerprint density at radius 3 is 2.65 bits per heavy atom. The van der Waals surface area contributed by atoms with Crippen molar-refractivity contribution < 1.29 is 8.42 Å². The first-order chi connectivity index (χ1) is 14.8. The number of sulfonamides is 1. The first kappa shape index (κ1) is 23.8. The molecule has 1 heterocycles. The summed E-state index contributed by atoms with van der Waals surface area (Å²) in [5.41, 5.74) is 1.17. The minimum atomic E-state index is -3.78. The molecule has 1 aromatic carbocycles. The highest BCUT2D eigenvalue weighted by molar-refractivity contribution is 7.99. The number of nitrogens with zero attached hydrogens (tertiary/aromatic N) is 3. The van der Waals surface area contributed by atoms with Gasteiger partial charge in [-0.15, -0.1) is 16.8 Å². The van der Waals surface area contributed by atoms with Crippen molar-refractivity contribution in [2.45, 2.75) is 55.2 Å². The van der Waals surface area contributed by atoms with Crippen LogP contribution in [0.3, 0.4) is 0 Å². The second-order valence-corrected chi connectivity index (χ2v) is 10.7. The van der Waals surface area contributed by atoms with Gasteiger partial charge in [0.1, 0.15) is 0 Å². The number of hydrogen-bond acceptors (Lipinski definition) is 5. The molecule has 9 heteroatoms. The van der Waals surface area contributed by atoms with Gasteiger partial charge in [-0.2, -0.15) is 0 Å². The van der Waals surface area contributed by atoms with E-state index >= 15 is 0 Å². The molecule has 1 aromatic heterocycles. The third-order valence-corrected chi connectivity index (χ3v) is 7.52. The van der Waals surface area contributed by atoms with E-state index in [1.54, 1.807) is 12.1 Å². The van der Waals surface area contributed by atoms with Crippen molar-refractivity contribution in [3.8, 4) is 0 Å². The molecule has 6 nitrogen and oxygen atoms in total. The third-order valence-electron chi connectivity index (χ3n) is 4.84. The summed E-state index contributed by atoms with van der Waals surface area (Å²) in [6.45, 7) is 7.84. The lowest BCUT2D eigenvalue weighted by atomic mass is 9.98. The normalized spacial score (nSPS) is 15.2. The molecule has 1 aliphatic carbocycles. The van der Waals surface area contributed by atoms with Crippen LogP contribution in [-0.4, -0.2) is 28.9 Å². The molecule has 1 N–H and O–H groups in total. The van der Waals surface area contributed by atoms with Crippen LogP contribution in [0.1, 0.15) is 51.0 Å². The number of allylic oxidation sites excluding steroid dienone is 3. The highest BCUT2D eigenvalue weighted by Crippen LogP contribution is 2.31. The number of benzene rings is 1. The largest absolute Gasteiger partial charge is 0.302 e. The number of hydrogen-bond donors (Lipinski definition) is 1. The highest BCUT2D eigenvalue weighted by atomic mass is 35.5. The number of thioether (sulfide) groups is 1. The van der Waals surface area contributed by atoms with E-state index in [2.05, 4.69) is 33.7 Å². The van der Waals surface area contributed by atoms with Crippen LogP contribution in [0.4, 0.5) is 0 Å². The smallest absolute Gasteiger partial charge is 0.241 e. The van der Waals surface area contributed by atoms with Crippen LogP contribution >= 0.6 is 23.4 Å². The monoisotopic (exact) mass is 478 g/mol. The second-order valence-electron chi connectivity index (χ2n) is 7.53. The lowest BCUT2D eigenvalue weighted by Gasteiger charge is -2.23. The lowest BCUT2D eigenvalue weighted by molar-refractivity contribution is 0.472. The van der Waals surface area contributed by atoms with Gasteiger partial charge in [0.15, 0.2) is 11.0 Å². The lowest BCUT2D eigenvalue weighted by Crippen LogP contribution is -2.31. The van der Waals surface area contributed by atoms with Gasteiger partial charge in [0, 0.05) is 16.8 Å². The van der Waals surface area contributed by atoms with Crippen LogP contribution in [-0.2, 0) is 10.0 Å². The summed E-state index contributed by atoms with van der Waals surface area (Å²) in [7, 11) is -3.78. The van der Waals surface area contributed by atoms with Gasteiger partial charge >= 0.3 is 0 Å². The number of nitrogens with one attached hydrogen (secondary N) is 1. The van der Waals surface area contributed by atoms with E-state index in [0.717, 1.165) is 18.0 Å². The molecule has 0 spiro atoms. The van der Waals surface area contributed by atoms with Gasteiger partial charge < -0.3 is 4.57 Å². The molecule has 0 fully saturated rings. The molecule has 0 unspecified atom stereocenters. The molecular formula is C22H27ClN4O2S2. The summed E-state index contributed by atoms with van der Waals surface area (Å²) in [5, 5.41) is 9.99. The molecule has 166 valence electrons. The van der Waals surface area contributed by atoms with Crippen molar-refractivity contribution in [1.29, 1.82) is 0 Å². The van der Waals surface area contributed by atoms with E-state index < -0.39 is 16.1 Å². The molecule has 0 saturated carbocycles. The van der Waals surface area contributed by atoms with Crippen molar-refractivity contribution in [2.75, 3.05) is 5.75 Å². The van der Waals surface area contributed by atoms with Crippen molar-refractivity contribution in [1.82, 2.24) is 19.5 Å². The minimum absolute atomic E-state index is 0.0695. The summed E-state index contributed by atoms with van der Waals surface area (Å²) in [5.74, 6) is 1.30. The van der Waals surface area contributed by atoms with Crippen molar-refractivity contribution in [2.24, 2.45) is 0 Å². The standard InChI is InChI=1S/C22H27ClN4O2S2/c1-4-14-30-22-25-24-21(27(22)16(2)3)20(15-17-8-6-5-7-9-17)26-31(28,29)19-12-10-18(23)11-13-19/h4-6,8,10-13,16,20,26H,1,7,9,14-15H2,2-3H3/t20-/m1/s1. The van der Waals surface area contributed by atoms with Gasteiger partial charge in [0.2, 0.25) is 10.0 Å². The maximum Gasteiger partial charge on any atom is 0.241 e. The van der Waals surface area contributed by atoms with Gasteiger partial charge in [0.25, 0.3) is 0 Å². The molecule has 0 radical (unpaired) electrons. The van der Waals surface area contributed by atoms with E-state index in [9.17, 15) is 8.42 Å². The minimum Gasteiger partial charge on any atom is -0.302 e. The molecule has 2 aromatic rings. The van der Waals surface area contributed by atoms with Crippen LogP contribution in [0.5, 0.6) is 0 Å². The predicted octanol–water partition coefficient (Wildman–Crippen LogP) is 5.48. The Morgan fingerprint density at radius 1 is 1.29 bits per heavy atom. The zero-order valence-electron chi connectivity index (χ0n) is 17.7. The zero-order chi connectivity index (χ0) is 22.4. The maximum absolute atomic E-state index is 13.2. The second kappa shape index (κ2) is 10.6. The number of halogens is 1. The Morgan fingerprint density at radius 2 is 2.03 bits per heavy atom. The van der Waals surface area contributed by atoms with E-state index in [4.69, 9.17) is 11.6 Å². The maximum atomic E-state index is 13.2. The van der Waals surface area contributed by atoms with Gasteiger partial charge in [-0.25, -0.2) is 13.1 Å². The Labute approximate surface area is 193 Å². The number of aromatic nitrogens is 3. The molecule has 0 amide bonds. The highest BCUT2D eigenvalue weighted by Gasteiger charge is 2.28. The Balaban J connectivity index is 1.99. The Hall–Kier alpha value is -1.87. The number of rotatable bonds is 10. The average Bonchev–Trinajstić information content (AvgIpc) is 3.17. The van der Waals surface area contributed by atoms with E-state index in [0.29, 0.717) is 23.0 Å². The summed E-state index contributed by atoms with van der Waals surface area (Å²) >= 11 is 7.46. The summed E-state index contributed by atoms with van der Waals surface area (Å²) in [6.07, 6.45) is 10.3. The summed E-state index contributed by atoms with van der Waals surface area (Å²) < 4.78 is 31.2. The fraction of sp³-hybridized carbons (Fsp3) is 0.364. The van der Waals surface area contributed by atoms with Crippen molar-refractivity contribution >= 4 is 33.4 Å². The molecule has 3 rings (SSSR count). The first-order valence-corrected chi connectivity index (χ1v) is 13.0. The molecule has 0 bridgehead atoms. The van der Waals surface area contributed by atoms with Gasteiger partial charge in [0.05, 0.1) is 10.9 Å². The summed E-state index contributed by atoms with van der Waals surface area (Å²) in [4.78, 5) is 0.163. The van der Waals surface area contributed by atoms with Crippen LogP contribution in [0.25, 0.3) is 0 Å². The van der Waals surface area contributed by atoms with Crippen molar-refractivity contribution in [3.63, 3.8) is 0 Å². The SMILES string of the molecule is C=CCSc1nnc([C@@H](CC2=CC=CCC2)NS(=O)(=O)c2ccc(Cl)cc2)n1C(C)C.